The average Bonchev–Trinajstić information content (AvgIpc) is 2.66. The van der Waals surface area contributed by atoms with Crippen LogP contribution in [-0.4, -0.2) is 38.7 Å². The number of carbonyl (C=O) groups is 1. The highest BCUT2D eigenvalue weighted by atomic mass is 32.2. The fraction of sp³-hybridized carbons (Fsp3) is 0.350. The Bertz CT molecular complexity index is 839. The third-order valence-electron chi connectivity index (χ3n) is 4.05. The van der Waals surface area contributed by atoms with E-state index in [1.54, 1.807) is 54.6 Å². The molecule has 2 aromatic carbocycles. The summed E-state index contributed by atoms with van der Waals surface area (Å²) in [6, 6.07) is 14.3. The minimum atomic E-state index is -3.79. The van der Waals surface area contributed by atoms with Crippen LogP contribution in [0, 0.1) is 0 Å². The van der Waals surface area contributed by atoms with Gasteiger partial charge in [0.05, 0.1) is 12.4 Å². The number of ether oxygens (including phenoxy) is 1. The standard InChI is InChI=1S/C20H26N2O5S/c21-12-4-5-13-27-18-10-8-16(9-11-18)14-19(20(23)24)22-28(25,26)15-17-6-2-1-3-7-17/h1-3,6-11,19,22H,4-5,12-15,21H2,(H,23,24)/t19-/m0/s1. The van der Waals surface area contributed by atoms with Crippen LogP contribution in [0.25, 0.3) is 0 Å². The van der Waals surface area contributed by atoms with Crippen LogP contribution in [0.2, 0.25) is 0 Å². The van der Waals surface area contributed by atoms with Crippen LogP contribution in [-0.2, 0) is 27.0 Å². The van der Waals surface area contributed by atoms with Crippen molar-refractivity contribution >= 4 is 16.0 Å². The second-order valence-electron chi connectivity index (χ2n) is 6.45. The Morgan fingerprint density at radius 3 is 2.32 bits per heavy atom. The lowest BCUT2D eigenvalue weighted by Crippen LogP contribution is -2.42. The number of hydrogen-bond donors (Lipinski definition) is 3. The Kier molecular flexibility index (Phi) is 8.43. The van der Waals surface area contributed by atoms with Crippen molar-refractivity contribution in [1.29, 1.82) is 0 Å². The molecule has 0 aliphatic heterocycles. The summed E-state index contributed by atoms with van der Waals surface area (Å²) in [6.07, 6.45) is 1.79. The summed E-state index contributed by atoms with van der Waals surface area (Å²) in [7, 11) is -3.79. The van der Waals surface area contributed by atoms with Gasteiger partial charge in [-0.15, -0.1) is 0 Å². The SMILES string of the molecule is NCCCCOc1ccc(C[C@H](NS(=O)(=O)Cc2ccccc2)C(=O)O)cc1. The smallest absolute Gasteiger partial charge is 0.322 e. The number of nitrogens with two attached hydrogens (primary N) is 1. The van der Waals surface area contributed by atoms with E-state index in [0.717, 1.165) is 12.8 Å². The number of hydrogen-bond acceptors (Lipinski definition) is 5. The molecule has 0 bridgehead atoms. The Labute approximate surface area is 165 Å². The molecule has 0 amide bonds. The number of aliphatic carboxylic acids is 1. The Balaban J connectivity index is 1.95. The average molecular weight is 407 g/mol. The first kappa shape index (κ1) is 21.9. The van der Waals surface area contributed by atoms with E-state index in [4.69, 9.17) is 10.5 Å². The number of benzene rings is 2. The first-order valence-corrected chi connectivity index (χ1v) is 10.7. The van der Waals surface area contributed by atoms with E-state index in [2.05, 4.69) is 4.72 Å². The molecule has 0 spiro atoms. The maximum Gasteiger partial charge on any atom is 0.322 e. The van der Waals surface area contributed by atoms with Crippen molar-refractivity contribution in [2.45, 2.75) is 31.1 Å². The van der Waals surface area contributed by atoms with Gasteiger partial charge in [-0.1, -0.05) is 42.5 Å². The van der Waals surface area contributed by atoms with Crippen molar-refractivity contribution in [3.8, 4) is 5.75 Å². The second kappa shape index (κ2) is 10.8. The Morgan fingerprint density at radius 1 is 1.04 bits per heavy atom. The molecule has 0 saturated heterocycles. The van der Waals surface area contributed by atoms with E-state index in [0.29, 0.717) is 30.0 Å². The van der Waals surface area contributed by atoms with Gasteiger partial charge in [0.25, 0.3) is 0 Å². The topological polar surface area (TPSA) is 119 Å². The van der Waals surface area contributed by atoms with Gasteiger partial charge in [0, 0.05) is 0 Å². The zero-order valence-electron chi connectivity index (χ0n) is 15.6. The number of sulfonamides is 1. The Hall–Kier alpha value is -2.42. The Morgan fingerprint density at radius 2 is 1.71 bits per heavy atom. The molecule has 4 N–H and O–H groups in total. The number of carboxylic acid groups (broad SMARTS) is 1. The lowest BCUT2D eigenvalue weighted by molar-refractivity contribution is -0.138. The molecule has 0 aliphatic rings. The molecule has 0 heterocycles. The molecule has 152 valence electrons. The quantitative estimate of drug-likeness (QED) is 0.464. The monoisotopic (exact) mass is 406 g/mol. The van der Waals surface area contributed by atoms with Crippen LogP contribution in [0.3, 0.4) is 0 Å². The van der Waals surface area contributed by atoms with Crippen molar-refractivity contribution < 1.29 is 23.1 Å². The van der Waals surface area contributed by atoms with E-state index in [1.807, 2.05) is 0 Å². The molecule has 0 radical (unpaired) electrons. The second-order valence-corrected chi connectivity index (χ2v) is 8.20. The molecule has 7 nitrogen and oxygen atoms in total. The third kappa shape index (κ3) is 7.67. The molecule has 0 unspecified atom stereocenters. The first-order valence-electron chi connectivity index (χ1n) is 9.08. The fourth-order valence-corrected chi connectivity index (χ4v) is 3.96. The van der Waals surface area contributed by atoms with Crippen LogP contribution < -0.4 is 15.2 Å². The van der Waals surface area contributed by atoms with Crippen molar-refractivity contribution in [3.05, 3.63) is 65.7 Å². The van der Waals surface area contributed by atoms with E-state index >= 15 is 0 Å². The predicted molar refractivity (Wildman–Crippen MR) is 108 cm³/mol. The van der Waals surface area contributed by atoms with Crippen LogP contribution in [0.15, 0.2) is 54.6 Å². The van der Waals surface area contributed by atoms with Crippen LogP contribution >= 0.6 is 0 Å². The van der Waals surface area contributed by atoms with Gasteiger partial charge in [-0.25, -0.2) is 13.1 Å². The van der Waals surface area contributed by atoms with E-state index < -0.39 is 22.0 Å². The molecule has 2 aromatic rings. The lowest BCUT2D eigenvalue weighted by atomic mass is 10.1. The summed E-state index contributed by atoms with van der Waals surface area (Å²) in [5.41, 5.74) is 6.72. The summed E-state index contributed by atoms with van der Waals surface area (Å²) >= 11 is 0. The summed E-state index contributed by atoms with van der Waals surface area (Å²) in [4.78, 5) is 11.5. The van der Waals surface area contributed by atoms with Gasteiger partial charge in [-0.05, 0) is 49.1 Å². The summed E-state index contributed by atoms with van der Waals surface area (Å²) < 4.78 is 32.5. The van der Waals surface area contributed by atoms with Gasteiger partial charge < -0.3 is 15.6 Å². The van der Waals surface area contributed by atoms with Gasteiger partial charge >= 0.3 is 5.97 Å². The normalized spacial score (nSPS) is 12.5. The summed E-state index contributed by atoms with van der Waals surface area (Å²) in [6.45, 7) is 1.19. The third-order valence-corrected chi connectivity index (χ3v) is 5.41. The first-order chi connectivity index (χ1) is 13.4. The van der Waals surface area contributed by atoms with E-state index in [1.165, 1.54) is 0 Å². The van der Waals surface area contributed by atoms with Gasteiger partial charge in [-0.3, -0.25) is 4.79 Å². The zero-order chi connectivity index (χ0) is 20.4. The largest absolute Gasteiger partial charge is 0.494 e. The highest BCUT2D eigenvalue weighted by molar-refractivity contribution is 7.88. The molecule has 0 fully saturated rings. The molecule has 0 aromatic heterocycles. The molecule has 1 atom stereocenters. The minimum absolute atomic E-state index is 0.0385. The molecule has 28 heavy (non-hydrogen) atoms. The van der Waals surface area contributed by atoms with Crippen molar-refractivity contribution in [1.82, 2.24) is 4.72 Å². The maximum atomic E-state index is 12.3. The van der Waals surface area contributed by atoms with E-state index in [-0.39, 0.29) is 12.2 Å². The fourth-order valence-electron chi connectivity index (χ4n) is 2.63. The molecule has 0 aliphatic carbocycles. The lowest BCUT2D eigenvalue weighted by Gasteiger charge is -2.15. The van der Waals surface area contributed by atoms with Crippen molar-refractivity contribution in [3.63, 3.8) is 0 Å². The van der Waals surface area contributed by atoms with Gasteiger partial charge in [0.15, 0.2) is 0 Å². The van der Waals surface area contributed by atoms with Gasteiger partial charge in [0.2, 0.25) is 10.0 Å². The molecular weight excluding hydrogens is 380 g/mol. The number of rotatable bonds is 12. The van der Waals surface area contributed by atoms with Crippen molar-refractivity contribution in [2.75, 3.05) is 13.2 Å². The number of nitrogens with one attached hydrogen (secondary N) is 1. The zero-order valence-corrected chi connectivity index (χ0v) is 16.4. The molecule has 0 saturated carbocycles. The van der Waals surface area contributed by atoms with Crippen LogP contribution in [0.1, 0.15) is 24.0 Å². The highest BCUT2D eigenvalue weighted by Gasteiger charge is 2.24. The van der Waals surface area contributed by atoms with Gasteiger partial charge in [-0.2, -0.15) is 0 Å². The number of carboxylic acids is 1. The number of unbranched alkanes of at least 4 members (excludes halogenated alkanes) is 1. The van der Waals surface area contributed by atoms with E-state index in [9.17, 15) is 18.3 Å². The molecule has 2 rings (SSSR count). The summed E-state index contributed by atoms with van der Waals surface area (Å²) in [5, 5.41) is 9.42. The highest BCUT2D eigenvalue weighted by Crippen LogP contribution is 2.15. The minimum Gasteiger partial charge on any atom is -0.494 e. The molecule has 8 heteroatoms. The van der Waals surface area contributed by atoms with Crippen LogP contribution in [0.4, 0.5) is 0 Å². The summed E-state index contributed by atoms with van der Waals surface area (Å²) in [5.74, 6) is -0.816. The van der Waals surface area contributed by atoms with Crippen molar-refractivity contribution in [2.24, 2.45) is 5.73 Å². The van der Waals surface area contributed by atoms with Gasteiger partial charge in [0.1, 0.15) is 11.8 Å². The maximum absolute atomic E-state index is 12.3. The predicted octanol–water partition coefficient (Wildman–Crippen LogP) is 1.92. The molecular formula is C20H26N2O5S. The van der Waals surface area contributed by atoms with Crippen LogP contribution in [0.5, 0.6) is 5.75 Å².